The molecule has 0 N–H and O–H groups in total. The summed E-state index contributed by atoms with van der Waals surface area (Å²) in [6.45, 7) is 3.72. The number of hydrogen-bond donors (Lipinski definition) is 0. The second-order valence-corrected chi connectivity index (χ2v) is 6.86. The molecule has 1 aliphatic rings. The smallest absolute Gasteiger partial charge is 0.312 e. The molecule has 0 spiro atoms. The third kappa shape index (κ3) is 4.06. The van der Waals surface area contributed by atoms with Crippen LogP contribution in [0.25, 0.3) is 0 Å². The number of Topliss-reactive ketones (excluding diaryl/α,β-unsaturated/α-hetero) is 1. The zero-order chi connectivity index (χ0) is 20.3. The molecular formula is C22H23NO5. The number of carbonyl (C=O) groups excluding carboxylic acids is 3. The summed E-state index contributed by atoms with van der Waals surface area (Å²) in [4.78, 5) is 39.0. The number of methoxy groups -OCH3 is 1. The van der Waals surface area contributed by atoms with Gasteiger partial charge in [0.2, 0.25) is 11.7 Å². The minimum Gasteiger partial charge on any atom is -0.497 e. The first-order chi connectivity index (χ1) is 13.4. The summed E-state index contributed by atoms with van der Waals surface area (Å²) in [6.07, 6.45) is -0.847. The molecule has 1 heterocycles. The van der Waals surface area contributed by atoms with E-state index in [4.69, 9.17) is 9.47 Å². The maximum absolute atomic E-state index is 12.5. The summed E-state index contributed by atoms with van der Waals surface area (Å²) in [7, 11) is 1.55. The first kappa shape index (κ1) is 19.6. The van der Waals surface area contributed by atoms with Crippen LogP contribution in [-0.4, -0.2) is 37.4 Å². The molecule has 146 valence electrons. The lowest BCUT2D eigenvalue weighted by atomic mass is 10.1. The number of benzene rings is 2. The van der Waals surface area contributed by atoms with Crippen molar-refractivity contribution >= 4 is 23.3 Å². The molecule has 1 aliphatic heterocycles. The van der Waals surface area contributed by atoms with Crippen molar-refractivity contribution in [2.45, 2.75) is 26.4 Å². The average Bonchev–Trinajstić information content (AvgIpc) is 3.09. The molecule has 2 atom stereocenters. The first-order valence-corrected chi connectivity index (χ1v) is 9.15. The summed E-state index contributed by atoms with van der Waals surface area (Å²) in [5, 5.41) is 0. The molecule has 1 fully saturated rings. The SMILES string of the molecule is COc1ccc(C(=O)[C@@H](C)OC(=O)[C@@H]2CC(=O)N(c3ccccc3C)C2)cc1. The monoisotopic (exact) mass is 381 g/mol. The summed E-state index contributed by atoms with van der Waals surface area (Å²) in [5.41, 5.74) is 2.20. The Kier molecular flexibility index (Phi) is 5.78. The molecule has 6 nitrogen and oxygen atoms in total. The Morgan fingerprint density at radius 2 is 1.79 bits per heavy atom. The number of aryl methyl sites for hydroxylation is 1. The highest BCUT2D eigenvalue weighted by Gasteiger charge is 2.37. The van der Waals surface area contributed by atoms with Crippen LogP contribution in [0, 0.1) is 12.8 Å². The van der Waals surface area contributed by atoms with Crippen LogP contribution in [0.4, 0.5) is 5.69 Å². The van der Waals surface area contributed by atoms with E-state index in [1.807, 2.05) is 31.2 Å². The van der Waals surface area contributed by atoms with Gasteiger partial charge in [-0.25, -0.2) is 0 Å². The van der Waals surface area contributed by atoms with E-state index >= 15 is 0 Å². The molecular weight excluding hydrogens is 358 g/mol. The topological polar surface area (TPSA) is 72.9 Å². The predicted molar refractivity (Wildman–Crippen MR) is 105 cm³/mol. The maximum Gasteiger partial charge on any atom is 0.312 e. The van der Waals surface area contributed by atoms with Crippen molar-refractivity contribution in [3.05, 3.63) is 59.7 Å². The Morgan fingerprint density at radius 1 is 1.11 bits per heavy atom. The number of ether oxygens (including phenoxy) is 2. The molecule has 0 bridgehead atoms. The fourth-order valence-corrected chi connectivity index (χ4v) is 3.28. The van der Waals surface area contributed by atoms with Crippen molar-refractivity contribution in [1.82, 2.24) is 0 Å². The van der Waals surface area contributed by atoms with Crippen molar-refractivity contribution in [3.63, 3.8) is 0 Å². The third-order valence-electron chi connectivity index (χ3n) is 4.90. The fourth-order valence-electron chi connectivity index (χ4n) is 3.28. The van der Waals surface area contributed by atoms with Gasteiger partial charge in [-0.3, -0.25) is 14.4 Å². The highest BCUT2D eigenvalue weighted by atomic mass is 16.5. The van der Waals surface area contributed by atoms with Crippen LogP contribution in [0.15, 0.2) is 48.5 Å². The van der Waals surface area contributed by atoms with Gasteiger partial charge in [0, 0.05) is 24.2 Å². The zero-order valence-corrected chi connectivity index (χ0v) is 16.2. The third-order valence-corrected chi connectivity index (χ3v) is 4.90. The maximum atomic E-state index is 12.5. The van der Waals surface area contributed by atoms with Gasteiger partial charge in [0.1, 0.15) is 5.75 Å². The molecule has 6 heteroatoms. The largest absolute Gasteiger partial charge is 0.497 e. The van der Waals surface area contributed by atoms with E-state index in [9.17, 15) is 14.4 Å². The highest BCUT2D eigenvalue weighted by Crippen LogP contribution is 2.28. The van der Waals surface area contributed by atoms with Gasteiger partial charge in [-0.15, -0.1) is 0 Å². The molecule has 1 saturated heterocycles. The van der Waals surface area contributed by atoms with Crippen LogP contribution in [-0.2, 0) is 14.3 Å². The van der Waals surface area contributed by atoms with Gasteiger partial charge >= 0.3 is 5.97 Å². The second-order valence-electron chi connectivity index (χ2n) is 6.86. The fraction of sp³-hybridized carbons (Fsp3) is 0.318. The minimum absolute atomic E-state index is 0.0800. The molecule has 0 aromatic heterocycles. The number of rotatable bonds is 6. The second kappa shape index (κ2) is 8.25. The summed E-state index contributed by atoms with van der Waals surface area (Å²) < 4.78 is 10.4. The van der Waals surface area contributed by atoms with Gasteiger partial charge in [0.05, 0.1) is 13.0 Å². The summed E-state index contributed by atoms with van der Waals surface area (Å²) in [6, 6.07) is 14.2. The van der Waals surface area contributed by atoms with Crippen molar-refractivity contribution in [1.29, 1.82) is 0 Å². The van der Waals surface area contributed by atoms with Gasteiger partial charge in [-0.1, -0.05) is 18.2 Å². The van der Waals surface area contributed by atoms with Gasteiger partial charge in [0.25, 0.3) is 0 Å². The highest BCUT2D eigenvalue weighted by molar-refractivity contribution is 6.02. The van der Waals surface area contributed by atoms with Crippen LogP contribution in [0.5, 0.6) is 5.75 Å². The van der Waals surface area contributed by atoms with E-state index in [0.717, 1.165) is 11.3 Å². The van der Waals surface area contributed by atoms with Gasteiger partial charge in [-0.2, -0.15) is 0 Å². The van der Waals surface area contributed by atoms with Crippen molar-refractivity contribution < 1.29 is 23.9 Å². The quantitative estimate of drug-likeness (QED) is 0.568. The lowest BCUT2D eigenvalue weighted by Crippen LogP contribution is -2.30. The van der Waals surface area contributed by atoms with E-state index in [0.29, 0.717) is 11.3 Å². The van der Waals surface area contributed by atoms with Gasteiger partial charge in [0.15, 0.2) is 6.10 Å². The van der Waals surface area contributed by atoms with Crippen molar-refractivity contribution in [3.8, 4) is 5.75 Å². The molecule has 1 amide bonds. The summed E-state index contributed by atoms with van der Waals surface area (Å²) >= 11 is 0. The molecule has 3 rings (SSSR count). The number of nitrogens with zero attached hydrogens (tertiary/aromatic N) is 1. The van der Waals surface area contributed by atoms with Crippen LogP contribution >= 0.6 is 0 Å². The van der Waals surface area contributed by atoms with Gasteiger partial charge < -0.3 is 14.4 Å². The number of anilines is 1. The van der Waals surface area contributed by atoms with Crippen LogP contribution in [0.3, 0.4) is 0 Å². The molecule has 2 aromatic carbocycles. The Labute approximate surface area is 164 Å². The molecule has 2 aromatic rings. The van der Waals surface area contributed by atoms with E-state index in [1.165, 1.54) is 0 Å². The van der Waals surface area contributed by atoms with E-state index < -0.39 is 18.0 Å². The van der Waals surface area contributed by atoms with Crippen LogP contribution in [0.1, 0.15) is 29.3 Å². The normalized spacial score (nSPS) is 17.3. The molecule has 0 unspecified atom stereocenters. The lowest BCUT2D eigenvalue weighted by Gasteiger charge is -2.19. The first-order valence-electron chi connectivity index (χ1n) is 9.15. The average molecular weight is 381 g/mol. The van der Waals surface area contributed by atoms with E-state index in [1.54, 1.807) is 43.2 Å². The minimum atomic E-state index is -0.927. The number of carbonyl (C=O) groups is 3. The van der Waals surface area contributed by atoms with Gasteiger partial charge in [-0.05, 0) is 49.7 Å². The number of esters is 1. The number of amides is 1. The predicted octanol–water partition coefficient (Wildman–Crippen LogP) is 3.17. The Morgan fingerprint density at radius 3 is 2.43 bits per heavy atom. The molecule has 0 aliphatic carbocycles. The van der Waals surface area contributed by atoms with Crippen LogP contribution < -0.4 is 9.64 Å². The molecule has 28 heavy (non-hydrogen) atoms. The number of para-hydroxylation sites is 1. The number of ketones is 1. The van der Waals surface area contributed by atoms with E-state index in [2.05, 4.69) is 0 Å². The van der Waals surface area contributed by atoms with Crippen molar-refractivity contribution in [2.75, 3.05) is 18.6 Å². The standard InChI is InChI=1S/C22H23NO5/c1-14-6-4-5-7-19(14)23-13-17(12-20(23)24)22(26)28-15(2)21(25)16-8-10-18(27-3)11-9-16/h4-11,15,17H,12-13H2,1-3H3/t15-,17-/m1/s1. The van der Waals surface area contributed by atoms with Crippen LogP contribution in [0.2, 0.25) is 0 Å². The number of hydrogen-bond acceptors (Lipinski definition) is 5. The summed E-state index contributed by atoms with van der Waals surface area (Å²) in [5.74, 6) is -0.888. The Bertz CT molecular complexity index is 890. The lowest BCUT2D eigenvalue weighted by molar-refractivity contribution is -0.151. The van der Waals surface area contributed by atoms with Crippen molar-refractivity contribution in [2.24, 2.45) is 5.92 Å². The molecule has 0 radical (unpaired) electrons. The Hall–Kier alpha value is -3.15. The zero-order valence-electron chi connectivity index (χ0n) is 16.2. The Balaban J connectivity index is 1.63. The molecule has 0 saturated carbocycles. The van der Waals surface area contributed by atoms with E-state index in [-0.39, 0.29) is 24.7 Å².